The van der Waals surface area contributed by atoms with Gasteiger partial charge >= 0.3 is 0 Å². The summed E-state index contributed by atoms with van der Waals surface area (Å²) in [5, 5.41) is 3.31. The van der Waals surface area contributed by atoms with Crippen molar-refractivity contribution in [1.29, 1.82) is 0 Å². The molecule has 18 heavy (non-hydrogen) atoms. The largest absolute Gasteiger partial charge is 0.480 e. The van der Waals surface area contributed by atoms with E-state index in [0.717, 1.165) is 11.1 Å². The van der Waals surface area contributed by atoms with Gasteiger partial charge in [-0.25, -0.2) is 4.98 Å². The Hall–Kier alpha value is -2.07. The Morgan fingerprint density at radius 3 is 3.00 bits per heavy atom. The number of carbonyl (C=O) groups excluding carboxylic acids is 1. The van der Waals surface area contributed by atoms with E-state index >= 15 is 0 Å². The average Bonchev–Trinajstić information content (AvgIpc) is 2.38. The van der Waals surface area contributed by atoms with Crippen molar-refractivity contribution in [2.75, 3.05) is 11.9 Å². The zero-order valence-corrected chi connectivity index (χ0v) is 10.1. The van der Waals surface area contributed by atoms with E-state index in [1.165, 1.54) is 0 Å². The molecule has 0 fully saturated rings. The molecule has 5 heteroatoms. The second-order valence-electron chi connectivity index (χ2n) is 3.92. The summed E-state index contributed by atoms with van der Waals surface area (Å²) in [5.41, 5.74) is 1.85. The molecule has 1 aromatic heterocycles. The molecule has 0 saturated carbocycles. The van der Waals surface area contributed by atoms with Gasteiger partial charge in [-0.1, -0.05) is 23.7 Å². The van der Waals surface area contributed by atoms with Crippen LogP contribution in [0.2, 0.25) is 5.02 Å². The van der Waals surface area contributed by atoms with Crippen molar-refractivity contribution < 1.29 is 9.53 Å². The zero-order valence-electron chi connectivity index (χ0n) is 9.31. The van der Waals surface area contributed by atoms with E-state index in [1.807, 2.05) is 30.3 Å². The molecule has 0 saturated heterocycles. The van der Waals surface area contributed by atoms with E-state index in [0.29, 0.717) is 16.6 Å². The van der Waals surface area contributed by atoms with Gasteiger partial charge in [0.15, 0.2) is 18.2 Å². The molecule has 1 N–H and O–H groups in total. The van der Waals surface area contributed by atoms with Gasteiger partial charge in [0, 0.05) is 16.8 Å². The lowest BCUT2D eigenvalue weighted by atomic mass is 10.1. The quantitative estimate of drug-likeness (QED) is 0.858. The van der Waals surface area contributed by atoms with Crippen LogP contribution in [0.5, 0.6) is 5.75 Å². The minimum absolute atomic E-state index is 0.0215. The van der Waals surface area contributed by atoms with Gasteiger partial charge in [-0.2, -0.15) is 0 Å². The monoisotopic (exact) mass is 260 g/mol. The van der Waals surface area contributed by atoms with Gasteiger partial charge in [0.1, 0.15) is 0 Å². The van der Waals surface area contributed by atoms with Crippen LogP contribution < -0.4 is 10.1 Å². The van der Waals surface area contributed by atoms with E-state index in [9.17, 15) is 4.79 Å². The first-order valence-electron chi connectivity index (χ1n) is 5.41. The summed E-state index contributed by atoms with van der Waals surface area (Å²) < 4.78 is 5.32. The van der Waals surface area contributed by atoms with E-state index < -0.39 is 0 Å². The number of benzene rings is 1. The first-order chi connectivity index (χ1) is 8.72. The van der Waals surface area contributed by atoms with Gasteiger partial charge in [-0.05, 0) is 23.8 Å². The number of nitrogens with one attached hydrogen (secondary N) is 1. The van der Waals surface area contributed by atoms with Crippen LogP contribution >= 0.6 is 11.6 Å². The molecule has 2 aromatic rings. The number of ether oxygens (including phenoxy) is 1. The summed E-state index contributed by atoms with van der Waals surface area (Å²) in [6.07, 6.45) is 1.68. The molecule has 0 bridgehead atoms. The minimum atomic E-state index is -0.189. The van der Waals surface area contributed by atoms with E-state index in [-0.39, 0.29) is 12.5 Å². The molecule has 0 spiro atoms. The predicted octanol–water partition coefficient (Wildman–Crippen LogP) is 2.73. The first kappa shape index (κ1) is 11.0. The molecular weight excluding hydrogens is 252 g/mol. The summed E-state index contributed by atoms with van der Waals surface area (Å²) in [4.78, 5) is 15.3. The van der Waals surface area contributed by atoms with E-state index in [1.54, 1.807) is 6.20 Å². The second kappa shape index (κ2) is 4.31. The Morgan fingerprint density at radius 2 is 2.17 bits per heavy atom. The molecule has 0 unspecified atom stereocenters. The van der Waals surface area contributed by atoms with Crippen LogP contribution in [0.1, 0.15) is 0 Å². The number of pyridine rings is 1. The van der Waals surface area contributed by atoms with Gasteiger partial charge in [-0.15, -0.1) is 0 Å². The average molecular weight is 261 g/mol. The number of carbonyl (C=O) groups is 1. The first-order valence-corrected chi connectivity index (χ1v) is 5.79. The highest BCUT2D eigenvalue weighted by atomic mass is 35.5. The molecule has 1 aliphatic heterocycles. The molecule has 0 atom stereocenters. The fourth-order valence-electron chi connectivity index (χ4n) is 1.79. The number of hydrogen-bond donors (Lipinski definition) is 1. The van der Waals surface area contributed by atoms with Crippen molar-refractivity contribution in [3.63, 3.8) is 0 Å². The Morgan fingerprint density at radius 1 is 1.28 bits per heavy atom. The lowest BCUT2D eigenvalue weighted by Gasteiger charge is -2.17. The second-order valence-corrected chi connectivity index (χ2v) is 4.35. The van der Waals surface area contributed by atoms with Crippen molar-refractivity contribution in [3.8, 4) is 16.9 Å². The predicted molar refractivity (Wildman–Crippen MR) is 68.8 cm³/mol. The van der Waals surface area contributed by atoms with Crippen molar-refractivity contribution in [2.24, 2.45) is 0 Å². The van der Waals surface area contributed by atoms with Crippen LogP contribution in [0.25, 0.3) is 11.1 Å². The number of halogens is 1. The van der Waals surface area contributed by atoms with Crippen molar-refractivity contribution >= 4 is 23.3 Å². The molecule has 4 nitrogen and oxygen atoms in total. The third-order valence-electron chi connectivity index (χ3n) is 2.63. The number of anilines is 1. The lowest BCUT2D eigenvalue weighted by Crippen LogP contribution is -2.26. The van der Waals surface area contributed by atoms with E-state index in [2.05, 4.69) is 10.3 Å². The van der Waals surface area contributed by atoms with Crippen LogP contribution in [0.3, 0.4) is 0 Å². The maximum Gasteiger partial charge on any atom is 0.263 e. The van der Waals surface area contributed by atoms with Crippen LogP contribution in [0, 0.1) is 0 Å². The summed E-state index contributed by atoms with van der Waals surface area (Å²) in [7, 11) is 0. The van der Waals surface area contributed by atoms with Crippen LogP contribution in [0.4, 0.5) is 5.82 Å². The third kappa shape index (κ3) is 2.02. The topological polar surface area (TPSA) is 51.2 Å². The zero-order chi connectivity index (χ0) is 12.5. The summed E-state index contributed by atoms with van der Waals surface area (Å²) in [6, 6.07) is 9.32. The molecule has 0 aliphatic carbocycles. The molecule has 2 heterocycles. The normalized spacial score (nSPS) is 13.5. The molecular formula is C13H9ClN2O2. The number of aromatic nitrogens is 1. The number of hydrogen-bond acceptors (Lipinski definition) is 3. The van der Waals surface area contributed by atoms with Gasteiger partial charge in [0.2, 0.25) is 0 Å². The summed E-state index contributed by atoms with van der Waals surface area (Å²) in [5.74, 6) is 0.842. The van der Waals surface area contributed by atoms with Gasteiger partial charge in [-0.3, -0.25) is 4.79 Å². The van der Waals surface area contributed by atoms with Crippen molar-refractivity contribution in [1.82, 2.24) is 4.98 Å². The number of amides is 1. The minimum Gasteiger partial charge on any atom is -0.480 e. The third-order valence-corrected chi connectivity index (χ3v) is 2.86. The van der Waals surface area contributed by atoms with Gasteiger partial charge in [0.25, 0.3) is 5.91 Å². The van der Waals surface area contributed by atoms with Gasteiger partial charge < -0.3 is 10.1 Å². The maximum atomic E-state index is 11.1. The molecule has 3 rings (SSSR count). The highest BCUT2D eigenvalue weighted by Gasteiger charge is 2.17. The Labute approximate surface area is 109 Å². The number of rotatable bonds is 1. The number of nitrogens with zero attached hydrogens (tertiary/aromatic N) is 1. The van der Waals surface area contributed by atoms with Crippen LogP contribution in [-0.4, -0.2) is 17.5 Å². The Kier molecular flexibility index (Phi) is 2.64. The maximum absolute atomic E-state index is 11.1. The van der Waals surface area contributed by atoms with Crippen molar-refractivity contribution in [3.05, 3.63) is 41.6 Å². The molecule has 0 radical (unpaired) electrons. The summed E-state index contributed by atoms with van der Waals surface area (Å²) >= 11 is 5.95. The summed E-state index contributed by atoms with van der Waals surface area (Å²) in [6.45, 7) is 0.0215. The SMILES string of the molecule is O=C1COc2cc(-c3cccc(Cl)c3)cnc2N1. The Bertz CT molecular complexity index is 628. The Balaban J connectivity index is 2.02. The molecule has 1 aromatic carbocycles. The highest BCUT2D eigenvalue weighted by Crippen LogP contribution is 2.31. The van der Waals surface area contributed by atoms with E-state index in [4.69, 9.17) is 16.3 Å². The van der Waals surface area contributed by atoms with Crippen LogP contribution in [0.15, 0.2) is 36.5 Å². The smallest absolute Gasteiger partial charge is 0.263 e. The van der Waals surface area contributed by atoms with Gasteiger partial charge in [0.05, 0.1) is 0 Å². The molecule has 1 amide bonds. The highest BCUT2D eigenvalue weighted by molar-refractivity contribution is 6.30. The van der Waals surface area contributed by atoms with Crippen LogP contribution in [-0.2, 0) is 4.79 Å². The molecule has 90 valence electrons. The fourth-order valence-corrected chi connectivity index (χ4v) is 1.98. The standard InChI is InChI=1S/C13H9ClN2O2/c14-10-3-1-2-8(4-10)9-5-11-13(15-6-9)16-12(17)7-18-11/h1-6H,7H2,(H,15,16,17). The lowest BCUT2D eigenvalue weighted by molar-refractivity contribution is -0.118. The number of fused-ring (bicyclic) bond motifs is 1. The fraction of sp³-hybridized carbons (Fsp3) is 0.0769. The molecule has 1 aliphatic rings. The van der Waals surface area contributed by atoms with Crippen molar-refractivity contribution in [2.45, 2.75) is 0 Å².